The summed E-state index contributed by atoms with van der Waals surface area (Å²) in [7, 11) is 0. The van der Waals surface area contributed by atoms with Crippen LogP contribution in [0.3, 0.4) is 0 Å². The molecule has 21 heavy (non-hydrogen) atoms. The quantitative estimate of drug-likeness (QED) is 0.622. The molecule has 1 saturated carbocycles. The van der Waals surface area contributed by atoms with Crippen molar-refractivity contribution in [2.75, 3.05) is 18.5 Å². The number of ether oxygens (including phenoxy) is 1. The van der Waals surface area contributed by atoms with Gasteiger partial charge in [0.05, 0.1) is 17.1 Å². The first-order chi connectivity index (χ1) is 10.0. The van der Waals surface area contributed by atoms with Crippen LogP contribution in [0.15, 0.2) is 18.2 Å². The minimum atomic E-state index is -0.675. The summed E-state index contributed by atoms with van der Waals surface area (Å²) in [4.78, 5) is 10.5. The number of rotatable bonds is 6. The molecular formula is C15H22N2O4. The molecule has 2 N–H and O–H groups in total. The first-order valence-corrected chi connectivity index (χ1v) is 7.41. The zero-order chi connectivity index (χ0) is 15.3. The van der Waals surface area contributed by atoms with Gasteiger partial charge in [-0.05, 0) is 25.8 Å². The van der Waals surface area contributed by atoms with Crippen LogP contribution in [-0.2, 0) is 0 Å². The molecule has 0 bridgehead atoms. The van der Waals surface area contributed by atoms with Gasteiger partial charge in [0.1, 0.15) is 0 Å². The van der Waals surface area contributed by atoms with Gasteiger partial charge in [-0.2, -0.15) is 0 Å². The molecule has 2 rings (SSSR count). The van der Waals surface area contributed by atoms with E-state index in [0.29, 0.717) is 13.2 Å². The van der Waals surface area contributed by atoms with Gasteiger partial charge in [0, 0.05) is 24.4 Å². The highest BCUT2D eigenvalue weighted by Gasteiger charge is 2.28. The van der Waals surface area contributed by atoms with E-state index in [4.69, 9.17) is 4.74 Å². The monoisotopic (exact) mass is 294 g/mol. The predicted molar refractivity (Wildman–Crippen MR) is 80.8 cm³/mol. The Balaban J connectivity index is 2.06. The minimum Gasteiger partial charge on any atom is -0.487 e. The molecule has 0 amide bonds. The molecular weight excluding hydrogens is 272 g/mol. The van der Waals surface area contributed by atoms with Crippen molar-refractivity contribution in [2.24, 2.45) is 0 Å². The highest BCUT2D eigenvalue weighted by Crippen LogP contribution is 2.32. The molecule has 6 heteroatoms. The molecule has 1 fully saturated rings. The summed E-state index contributed by atoms with van der Waals surface area (Å²) in [5.74, 6) is 0.253. The summed E-state index contributed by atoms with van der Waals surface area (Å²) >= 11 is 0. The standard InChI is InChI=1S/C15H22N2O4/c1-2-21-14-10-12(6-7-13(14)17(19)20)16-11-15(18)8-4-3-5-9-15/h6-7,10,16,18H,2-5,8-9,11H2,1H3. The van der Waals surface area contributed by atoms with Gasteiger partial charge >= 0.3 is 5.69 Å². The van der Waals surface area contributed by atoms with Crippen molar-refractivity contribution >= 4 is 11.4 Å². The molecule has 116 valence electrons. The van der Waals surface area contributed by atoms with Crippen molar-refractivity contribution in [1.29, 1.82) is 0 Å². The molecule has 6 nitrogen and oxygen atoms in total. The minimum absolute atomic E-state index is 0.0428. The molecule has 1 aromatic carbocycles. The van der Waals surface area contributed by atoms with Crippen LogP contribution in [0, 0.1) is 10.1 Å². The van der Waals surface area contributed by atoms with Crippen LogP contribution < -0.4 is 10.1 Å². The Kier molecular flexibility index (Phi) is 5.01. The molecule has 0 saturated heterocycles. The second-order valence-corrected chi connectivity index (χ2v) is 5.51. The van der Waals surface area contributed by atoms with E-state index < -0.39 is 10.5 Å². The molecule has 0 spiro atoms. The number of nitrogens with one attached hydrogen (secondary N) is 1. The highest BCUT2D eigenvalue weighted by atomic mass is 16.6. The van der Waals surface area contributed by atoms with Crippen molar-refractivity contribution in [2.45, 2.75) is 44.6 Å². The van der Waals surface area contributed by atoms with Gasteiger partial charge in [0.2, 0.25) is 0 Å². The Labute approximate surface area is 124 Å². The van der Waals surface area contributed by atoms with Crippen LogP contribution in [0.4, 0.5) is 11.4 Å². The molecule has 0 unspecified atom stereocenters. The molecule has 0 atom stereocenters. The lowest BCUT2D eigenvalue weighted by molar-refractivity contribution is -0.385. The van der Waals surface area contributed by atoms with Gasteiger partial charge in [-0.25, -0.2) is 0 Å². The molecule has 0 aromatic heterocycles. The predicted octanol–water partition coefficient (Wildman–Crippen LogP) is 3.10. The number of nitrogens with zero attached hydrogens (tertiary/aromatic N) is 1. The van der Waals surface area contributed by atoms with Gasteiger partial charge in [-0.3, -0.25) is 10.1 Å². The van der Waals surface area contributed by atoms with Crippen LogP contribution in [0.2, 0.25) is 0 Å². The summed E-state index contributed by atoms with van der Waals surface area (Å²) < 4.78 is 5.31. The van der Waals surface area contributed by atoms with E-state index >= 15 is 0 Å². The van der Waals surface area contributed by atoms with Crippen LogP contribution >= 0.6 is 0 Å². The summed E-state index contributed by atoms with van der Waals surface area (Å²) in [6, 6.07) is 4.69. The van der Waals surface area contributed by atoms with Crippen molar-refractivity contribution < 1.29 is 14.8 Å². The molecule has 0 aliphatic heterocycles. The van der Waals surface area contributed by atoms with Crippen molar-refractivity contribution in [3.63, 3.8) is 0 Å². The number of anilines is 1. The average molecular weight is 294 g/mol. The maximum atomic E-state index is 10.9. The van der Waals surface area contributed by atoms with Crippen molar-refractivity contribution in [3.8, 4) is 5.75 Å². The third-order valence-corrected chi connectivity index (χ3v) is 3.86. The lowest BCUT2D eigenvalue weighted by Gasteiger charge is -2.32. The third kappa shape index (κ3) is 4.07. The number of hydrogen-bond donors (Lipinski definition) is 2. The van der Waals surface area contributed by atoms with Crippen LogP contribution in [-0.4, -0.2) is 28.8 Å². The highest BCUT2D eigenvalue weighted by molar-refractivity contribution is 5.58. The Morgan fingerprint density at radius 2 is 2.10 bits per heavy atom. The number of aliphatic hydroxyl groups is 1. The fourth-order valence-electron chi connectivity index (χ4n) is 2.70. The van der Waals surface area contributed by atoms with E-state index in [2.05, 4.69) is 5.32 Å². The molecule has 1 aliphatic carbocycles. The Bertz CT molecular complexity index is 498. The zero-order valence-corrected chi connectivity index (χ0v) is 12.3. The summed E-state index contributed by atoms with van der Waals surface area (Å²) in [6.45, 7) is 2.61. The second-order valence-electron chi connectivity index (χ2n) is 5.51. The average Bonchev–Trinajstić information content (AvgIpc) is 2.46. The number of benzene rings is 1. The van der Waals surface area contributed by atoms with Crippen LogP contribution in [0.1, 0.15) is 39.0 Å². The maximum absolute atomic E-state index is 10.9. The lowest BCUT2D eigenvalue weighted by Crippen LogP contribution is -2.38. The molecule has 1 aliphatic rings. The third-order valence-electron chi connectivity index (χ3n) is 3.86. The maximum Gasteiger partial charge on any atom is 0.311 e. The van der Waals surface area contributed by atoms with E-state index in [9.17, 15) is 15.2 Å². The van der Waals surface area contributed by atoms with Crippen LogP contribution in [0.25, 0.3) is 0 Å². The van der Waals surface area contributed by atoms with Gasteiger partial charge in [0.25, 0.3) is 0 Å². The van der Waals surface area contributed by atoms with E-state index in [1.54, 1.807) is 19.1 Å². The Hall–Kier alpha value is -1.82. The van der Waals surface area contributed by atoms with Gasteiger partial charge in [-0.15, -0.1) is 0 Å². The fraction of sp³-hybridized carbons (Fsp3) is 0.600. The second kappa shape index (κ2) is 6.76. The first-order valence-electron chi connectivity index (χ1n) is 7.41. The smallest absolute Gasteiger partial charge is 0.311 e. The van der Waals surface area contributed by atoms with E-state index in [1.165, 1.54) is 12.5 Å². The van der Waals surface area contributed by atoms with E-state index in [1.807, 2.05) is 0 Å². The van der Waals surface area contributed by atoms with Gasteiger partial charge in [-0.1, -0.05) is 19.3 Å². The normalized spacial score (nSPS) is 17.2. The molecule has 0 heterocycles. The molecule has 0 radical (unpaired) electrons. The summed E-state index contributed by atoms with van der Waals surface area (Å²) in [5, 5.41) is 24.5. The van der Waals surface area contributed by atoms with E-state index in [0.717, 1.165) is 31.4 Å². The summed E-state index contributed by atoms with van der Waals surface area (Å²) in [6.07, 6.45) is 4.86. The Morgan fingerprint density at radius 1 is 1.38 bits per heavy atom. The van der Waals surface area contributed by atoms with Crippen LogP contribution in [0.5, 0.6) is 5.75 Å². The fourth-order valence-corrected chi connectivity index (χ4v) is 2.70. The van der Waals surface area contributed by atoms with Gasteiger partial charge < -0.3 is 15.2 Å². The first kappa shape index (κ1) is 15.6. The number of nitro benzene ring substituents is 1. The lowest BCUT2D eigenvalue weighted by atomic mass is 9.85. The molecule has 1 aromatic rings. The van der Waals surface area contributed by atoms with E-state index in [-0.39, 0.29) is 11.4 Å². The largest absolute Gasteiger partial charge is 0.487 e. The zero-order valence-electron chi connectivity index (χ0n) is 12.3. The number of nitro groups is 1. The topological polar surface area (TPSA) is 84.6 Å². The van der Waals surface area contributed by atoms with Gasteiger partial charge in [0.15, 0.2) is 5.75 Å². The SMILES string of the molecule is CCOc1cc(NCC2(O)CCCCC2)ccc1[N+](=O)[O-]. The summed E-state index contributed by atoms with van der Waals surface area (Å²) in [5.41, 5.74) is 0.00745. The van der Waals surface area contributed by atoms with Crippen molar-refractivity contribution in [3.05, 3.63) is 28.3 Å². The Morgan fingerprint density at radius 3 is 2.71 bits per heavy atom. The number of hydrogen-bond acceptors (Lipinski definition) is 5. The van der Waals surface area contributed by atoms with Crippen molar-refractivity contribution in [1.82, 2.24) is 0 Å².